The Morgan fingerprint density at radius 3 is 2.65 bits per heavy atom. The fourth-order valence-corrected chi connectivity index (χ4v) is 2.76. The van der Waals surface area contributed by atoms with Crippen LogP contribution in [0.25, 0.3) is 0 Å². The van der Waals surface area contributed by atoms with Gasteiger partial charge in [-0.25, -0.2) is 0 Å². The van der Waals surface area contributed by atoms with Gasteiger partial charge >= 0.3 is 0 Å². The van der Waals surface area contributed by atoms with E-state index in [1.54, 1.807) is 6.20 Å². The first kappa shape index (κ1) is 18.1. The second-order valence-corrected chi connectivity index (χ2v) is 6.25. The van der Waals surface area contributed by atoms with Crippen LogP contribution >= 0.6 is 0 Å². The van der Waals surface area contributed by atoms with Gasteiger partial charge in [0.1, 0.15) is 0 Å². The summed E-state index contributed by atoms with van der Waals surface area (Å²) in [4.78, 5) is 14.0. The lowest BCUT2D eigenvalue weighted by atomic mass is 10.2. The smallest absolute Gasteiger partial charge is 0.224 e. The summed E-state index contributed by atoms with van der Waals surface area (Å²) in [5.41, 5.74) is 2.72. The number of carbonyl (C=O) groups is 1. The number of hydrogen-bond donors (Lipinski definition) is 2. The summed E-state index contributed by atoms with van der Waals surface area (Å²) in [6.45, 7) is 5.26. The van der Waals surface area contributed by atoms with Gasteiger partial charge in [0.15, 0.2) is 5.82 Å². The third kappa shape index (κ3) is 5.16. The van der Waals surface area contributed by atoms with E-state index >= 15 is 0 Å². The van der Waals surface area contributed by atoms with Gasteiger partial charge in [0.05, 0.1) is 25.1 Å². The molecule has 0 bridgehead atoms. The molecule has 138 valence electrons. The van der Waals surface area contributed by atoms with Gasteiger partial charge in [-0.2, -0.15) is 5.10 Å². The Morgan fingerprint density at radius 1 is 1.19 bits per heavy atom. The highest BCUT2D eigenvalue weighted by Gasteiger charge is 2.12. The van der Waals surface area contributed by atoms with Crippen molar-refractivity contribution < 1.29 is 9.53 Å². The van der Waals surface area contributed by atoms with Crippen LogP contribution in [0.2, 0.25) is 0 Å². The van der Waals surface area contributed by atoms with Gasteiger partial charge in [0.25, 0.3) is 0 Å². The van der Waals surface area contributed by atoms with Crippen molar-refractivity contribution >= 4 is 28.8 Å². The molecule has 0 aliphatic carbocycles. The number of hydrogen-bond acceptors (Lipinski definition) is 6. The SMILES string of the molecule is CCCCC(=O)Nc1ccc(Nc2cc(N3CCOCC3)cnn2)cc1. The van der Waals surface area contributed by atoms with Gasteiger partial charge < -0.3 is 20.3 Å². The maximum Gasteiger partial charge on any atom is 0.224 e. The molecule has 0 atom stereocenters. The fraction of sp³-hybridized carbons (Fsp3) is 0.421. The molecule has 7 heteroatoms. The standard InChI is InChI=1S/C19H25N5O2/c1-2-3-4-19(25)22-16-7-5-15(6-8-16)21-18-13-17(14-20-23-18)24-9-11-26-12-10-24/h5-8,13-14H,2-4,9-12H2,1H3,(H,21,23)(H,22,25). The molecule has 1 aliphatic heterocycles. The highest BCUT2D eigenvalue weighted by Crippen LogP contribution is 2.21. The van der Waals surface area contributed by atoms with Crippen molar-refractivity contribution in [3.63, 3.8) is 0 Å². The van der Waals surface area contributed by atoms with Crippen LogP contribution in [-0.4, -0.2) is 42.4 Å². The van der Waals surface area contributed by atoms with Crippen molar-refractivity contribution in [2.75, 3.05) is 41.8 Å². The third-order valence-electron chi connectivity index (χ3n) is 4.21. The van der Waals surface area contributed by atoms with Gasteiger partial charge in [0, 0.05) is 37.0 Å². The van der Waals surface area contributed by atoms with Gasteiger partial charge in [-0.1, -0.05) is 13.3 Å². The molecular formula is C19H25N5O2. The molecule has 7 nitrogen and oxygen atoms in total. The lowest BCUT2D eigenvalue weighted by Crippen LogP contribution is -2.36. The first-order valence-electron chi connectivity index (χ1n) is 9.07. The summed E-state index contributed by atoms with van der Waals surface area (Å²) < 4.78 is 5.38. The van der Waals surface area contributed by atoms with E-state index in [-0.39, 0.29) is 5.91 Å². The highest BCUT2D eigenvalue weighted by molar-refractivity contribution is 5.90. The summed E-state index contributed by atoms with van der Waals surface area (Å²) >= 11 is 0. The second kappa shape index (κ2) is 9.15. The highest BCUT2D eigenvalue weighted by atomic mass is 16.5. The van der Waals surface area contributed by atoms with Crippen molar-refractivity contribution in [3.8, 4) is 0 Å². The number of ether oxygens (including phenoxy) is 1. The fourth-order valence-electron chi connectivity index (χ4n) is 2.76. The van der Waals surface area contributed by atoms with E-state index in [4.69, 9.17) is 4.74 Å². The van der Waals surface area contributed by atoms with Crippen LogP contribution in [0.15, 0.2) is 36.5 Å². The minimum Gasteiger partial charge on any atom is -0.378 e. The number of carbonyl (C=O) groups excluding carboxylic acids is 1. The van der Waals surface area contributed by atoms with E-state index in [2.05, 4.69) is 32.7 Å². The molecule has 0 unspecified atom stereocenters. The second-order valence-electron chi connectivity index (χ2n) is 6.25. The van der Waals surface area contributed by atoms with E-state index in [1.165, 1.54) is 0 Å². The molecular weight excluding hydrogens is 330 g/mol. The Balaban J connectivity index is 1.59. The number of nitrogens with one attached hydrogen (secondary N) is 2. The minimum absolute atomic E-state index is 0.0524. The summed E-state index contributed by atoms with van der Waals surface area (Å²) in [5, 5.41) is 14.4. The quantitative estimate of drug-likeness (QED) is 0.794. The lowest BCUT2D eigenvalue weighted by molar-refractivity contribution is -0.116. The maximum atomic E-state index is 11.8. The Kier molecular flexibility index (Phi) is 6.38. The molecule has 0 radical (unpaired) electrons. The Bertz CT molecular complexity index is 714. The molecule has 2 heterocycles. The van der Waals surface area contributed by atoms with Crippen molar-refractivity contribution in [3.05, 3.63) is 36.5 Å². The Labute approximate surface area is 153 Å². The molecule has 0 spiro atoms. The molecule has 1 fully saturated rings. The molecule has 1 aromatic heterocycles. The van der Waals surface area contributed by atoms with Crippen molar-refractivity contribution in [1.82, 2.24) is 10.2 Å². The molecule has 2 aromatic rings. The molecule has 1 aromatic carbocycles. The zero-order valence-electron chi connectivity index (χ0n) is 15.1. The number of rotatable bonds is 7. The summed E-state index contributed by atoms with van der Waals surface area (Å²) in [6.07, 6.45) is 4.25. The predicted octanol–water partition coefficient (Wildman–Crippen LogP) is 3.19. The van der Waals surface area contributed by atoms with Crippen LogP contribution in [0.4, 0.5) is 22.9 Å². The summed E-state index contributed by atoms with van der Waals surface area (Å²) in [6, 6.07) is 9.58. The van der Waals surface area contributed by atoms with E-state index in [1.807, 2.05) is 30.3 Å². The average Bonchev–Trinajstić information content (AvgIpc) is 2.69. The zero-order chi connectivity index (χ0) is 18.2. The third-order valence-corrected chi connectivity index (χ3v) is 4.21. The monoisotopic (exact) mass is 355 g/mol. The molecule has 0 saturated carbocycles. The zero-order valence-corrected chi connectivity index (χ0v) is 15.1. The van der Waals surface area contributed by atoms with Crippen LogP contribution in [-0.2, 0) is 9.53 Å². The number of benzene rings is 1. The Morgan fingerprint density at radius 2 is 1.92 bits per heavy atom. The molecule has 1 saturated heterocycles. The first-order chi connectivity index (χ1) is 12.7. The number of anilines is 4. The van der Waals surface area contributed by atoms with E-state index < -0.39 is 0 Å². The molecule has 26 heavy (non-hydrogen) atoms. The molecule has 2 N–H and O–H groups in total. The van der Waals surface area contributed by atoms with Crippen molar-refractivity contribution in [1.29, 1.82) is 0 Å². The Hall–Kier alpha value is -2.67. The van der Waals surface area contributed by atoms with E-state index in [9.17, 15) is 4.79 Å². The van der Waals surface area contributed by atoms with Gasteiger partial charge in [-0.15, -0.1) is 5.10 Å². The van der Waals surface area contributed by atoms with Crippen LogP contribution < -0.4 is 15.5 Å². The van der Waals surface area contributed by atoms with Crippen LogP contribution in [0.3, 0.4) is 0 Å². The largest absolute Gasteiger partial charge is 0.378 e. The van der Waals surface area contributed by atoms with Gasteiger partial charge in [0.2, 0.25) is 5.91 Å². The minimum atomic E-state index is 0.0524. The van der Waals surface area contributed by atoms with Gasteiger partial charge in [-0.05, 0) is 30.7 Å². The normalized spacial score (nSPS) is 14.1. The number of nitrogens with zero attached hydrogens (tertiary/aromatic N) is 3. The summed E-state index contributed by atoms with van der Waals surface area (Å²) in [5.74, 6) is 0.741. The molecule has 3 rings (SSSR count). The average molecular weight is 355 g/mol. The topological polar surface area (TPSA) is 79.4 Å². The van der Waals surface area contributed by atoms with Crippen molar-refractivity contribution in [2.24, 2.45) is 0 Å². The first-order valence-corrected chi connectivity index (χ1v) is 9.07. The predicted molar refractivity (Wildman–Crippen MR) is 103 cm³/mol. The summed E-state index contributed by atoms with van der Waals surface area (Å²) in [7, 11) is 0. The number of unbranched alkanes of at least 4 members (excludes halogenated alkanes) is 1. The lowest BCUT2D eigenvalue weighted by Gasteiger charge is -2.28. The maximum absolute atomic E-state index is 11.8. The molecule has 1 amide bonds. The van der Waals surface area contributed by atoms with E-state index in [0.717, 1.165) is 56.2 Å². The van der Waals surface area contributed by atoms with Crippen molar-refractivity contribution in [2.45, 2.75) is 26.2 Å². The number of morpholine rings is 1. The van der Waals surface area contributed by atoms with Gasteiger partial charge in [-0.3, -0.25) is 4.79 Å². The number of aromatic nitrogens is 2. The van der Waals surface area contributed by atoms with Crippen LogP contribution in [0.5, 0.6) is 0 Å². The van der Waals surface area contributed by atoms with E-state index in [0.29, 0.717) is 12.2 Å². The van der Waals surface area contributed by atoms with Crippen LogP contribution in [0, 0.1) is 0 Å². The number of amides is 1. The molecule has 1 aliphatic rings. The van der Waals surface area contributed by atoms with Crippen LogP contribution in [0.1, 0.15) is 26.2 Å².